The minimum absolute atomic E-state index is 0. The third-order valence-corrected chi connectivity index (χ3v) is 19.6. The van der Waals surface area contributed by atoms with Crippen LogP contribution in [0.25, 0.3) is 0 Å². The lowest BCUT2D eigenvalue weighted by Gasteiger charge is -2.51. The average molecular weight is 1080 g/mol. The van der Waals surface area contributed by atoms with E-state index in [-0.39, 0.29) is 111 Å². The third-order valence-electron chi connectivity index (χ3n) is 19.6. The van der Waals surface area contributed by atoms with Crippen molar-refractivity contribution in [2.24, 2.45) is 46.8 Å². The van der Waals surface area contributed by atoms with Gasteiger partial charge in [0.25, 0.3) is 0 Å². The molecule has 1 N–H and O–H groups in total. The Morgan fingerprint density at radius 1 is 0.532 bits per heavy atom. The molecule has 8 aliphatic rings. The molecule has 0 aromatic rings. The van der Waals surface area contributed by atoms with E-state index >= 15 is 0 Å². The monoisotopic (exact) mass is 1080 g/mol. The second-order valence-corrected chi connectivity index (χ2v) is 26.8. The maximum absolute atomic E-state index is 12.2. The largest absolute Gasteiger partial charge is 0.463 e. The number of carbonyl (C=O) groups excluding carboxylic acids is 1. The van der Waals surface area contributed by atoms with Crippen LogP contribution in [0.4, 0.5) is 0 Å². The molecule has 8 fully saturated rings. The molecule has 77 heavy (non-hydrogen) atoms. The van der Waals surface area contributed by atoms with Gasteiger partial charge in [0.2, 0.25) is 0 Å². The van der Waals surface area contributed by atoms with Gasteiger partial charge >= 0.3 is 5.97 Å². The molecular formula is C66H112O11. The second kappa shape index (κ2) is 28.4. The standard InChI is InChI=1S/C35H58O6.C30H50O5.CH4/c1-11-12-28-22(4)17-32-33(41-28)25(7)24(6)31(40-32)18-30-23(5)20(2)15-26(38-30)13-14-29-21(3)16-27(39-29)19-37-34(36)35(8,9)10;1-8-10-24-19(5)15-28-30(35-24)21(7)29(31)27(34-28)16-26-20(6)17(3)13-23(33-26)11-12-25-18(4)14-22(9-2)32-25;/h20,22,24-33H,3,5,11-19H2,1-2,4,6-10H3;17,19,21-31H,4,6,8-16H2,1-3,5,7H3;1H4/t20-,22-,24-,25-,26+,27-,28-,29?,30?,31+,32+,33+;17-,19-,21-,22+,23+,24-,25?,26?,27+,28+,29-,30+;/m11./s1. The van der Waals surface area contributed by atoms with Crippen LogP contribution in [0.15, 0.2) is 48.6 Å². The summed E-state index contributed by atoms with van der Waals surface area (Å²) in [5.74, 6) is 2.52. The summed E-state index contributed by atoms with van der Waals surface area (Å²) in [4.78, 5) is 12.2. The van der Waals surface area contributed by atoms with Crippen LogP contribution in [-0.2, 0) is 47.4 Å². The number of aliphatic hydroxyl groups is 1. The van der Waals surface area contributed by atoms with E-state index < -0.39 is 11.5 Å². The molecule has 4 unspecified atom stereocenters. The molecule has 8 saturated heterocycles. The van der Waals surface area contributed by atoms with Crippen LogP contribution >= 0.6 is 0 Å². The summed E-state index contributed by atoms with van der Waals surface area (Å²) in [6.45, 7) is 45.8. The van der Waals surface area contributed by atoms with Crippen molar-refractivity contribution in [2.75, 3.05) is 6.61 Å². The highest BCUT2D eigenvalue weighted by Gasteiger charge is 2.51. The minimum Gasteiger partial charge on any atom is -0.463 e. The molecule has 11 nitrogen and oxygen atoms in total. The van der Waals surface area contributed by atoms with Gasteiger partial charge < -0.3 is 47.7 Å². The van der Waals surface area contributed by atoms with Crippen molar-refractivity contribution in [3.63, 3.8) is 0 Å². The van der Waals surface area contributed by atoms with Gasteiger partial charge in [0.05, 0.1) is 109 Å². The molecule has 8 heterocycles. The fourth-order valence-corrected chi connectivity index (χ4v) is 14.1. The van der Waals surface area contributed by atoms with E-state index in [0.29, 0.717) is 54.1 Å². The van der Waals surface area contributed by atoms with E-state index in [1.165, 1.54) is 11.1 Å². The van der Waals surface area contributed by atoms with Gasteiger partial charge in [0.15, 0.2) is 0 Å². The number of esters is 1. The highest BCUT2D eigenvalue weighted by atomic mass is 16.6. The second-order valence-electron chi connectivity index (χ2n) is 26.8. The molecule has 0 radical (unpaired) electrons. The van der Waals surface area contributed by atoms with Gasteiger partial charge in [-0.1, -0.05) is 116 Å². The van der Waals surface area contributed by atoms with Crippen molar-refractivity contribution in [1.29, 1.82) is 0 Å². The van der Waals surface area contributed by atoms with E-state index in [2.05, 4.69) is 95.6 Å². The zero-order valence-corrected chi connectivity index (χ0v) is 49.9. The van der Waals surface area contributed by atoms with Crippen LogP contribution in [0, 0.1) is 46.8 Å². The van der Waals surface area contributed by atoms with Crippen molar-refractivity contribution in [2.45, 2.75) is 310 Å². The Hall–Kier alpha value is -1.93. The first kappa shape index (κ1) is 64.2. The first-order valence-corrected chi connectivity index (χ1v) is 30.8. The number of hydrogen-bond acceptors (Lipinski definition) is 11. The van der Waals surface area contributed by atoms with Crippen LogP contribution in [-0.4, -0.2) is 121 Å². The van der Waals surface area contributed by atoms with Crippen molar-refractivity contribution in [3.8, 4) is 0 Å². The van der Waals surface area contributed by atoms with Crippen LogP contribution in [0.1, 0.15) is 207 Å². The fourth-order valence-electron chi connectivity index (χ4n) is 14.1. The fraction of sp³-hybridized carbons (Fsp3) is 0.864. The highest BCUT2D eigenvalue weighted by molar-refractivity contribution is 5.75. The normalized spacial score (nSPS) is 43.4. The van der Waals surface area contributed by atoms with E-state index in [9.17, 15) is 9.90 Å². The molecular weight excluding hydrogens is 969 g/mol. The van der Waals surface area contributed by atoms with Gasteiger partial charge in [0.1, 0.15) is 6.61 Å². The summed E-state index contributed by atoms with van der Waals surface area (Å²) in [6.07, 6.45) is 17.5. The maximum Gasteiger partial charge on any atom is 0.311 e. The van der Waals surface area contributed by atoms with Gasteiger partial charge in [-0.2, -0.15) is 0 Å². The summed E-state index contributed by atoms with van der Waals surface area (Å²) < 4.78 is 57.7. The van der Waals surface area contributed by atoms with E-state index in [1.54, 1.807) is 0 Å². The molecule has 0 aliphatic carbocycles. The zero-order valence-electron chi connectivity index (χ0n) is 49.9. The van der Waals surface area contributed by atoms with Gasteiger partial charge in [-0.05, 0) is 156 Å². The third kappa shape index (κ3) is 16.0. The summed E-state index contributed by atoms with van der Waals surface area (Å²) in [6, 6.07) is 0. The summed E-state index contributed by atoms with van der Waals surface area (Å²) in [5, 5.41) is 11.2. The number of carbonyl (C=O) groups is 1. The van der Waals surface area contributed by atoms with E-state index in [1.807, 2.05) is 20.8 Å². The number of fused-ring (bicyclic) bond motifs is 2. The topological polar surface area (TPSA) is 120 Å². The van der Waals surface area contributed by atoms with Crippen molar-refractivity contribution in [1.82, 2.24) is 0 Å². The first-order chi connectivity index (χ1) is 36.0. The lowest BCUT2D eigenvalue weighted by molar-refractivity contribution is -0.259. The smallest absolute Gasteiger partial charge is 0.311 e. The molecule has 8 rings (SSSR count). The van der Waals surface area contributed by atoms with Crippen LogP contribution in [0.2, 0.25) is 0 Å². The number of rotatable bonds is 17. The van der Waals surface area contributed by atoms with Crippen LogP contribution < -0.4 is 0 Å². The predicted molar refractivity (Wildman–Crippen MR) is 309 cm³/mol. The number of ether oxygens (including phenoxy) is 9. The first-order valence-electron chi connectivity index (χ1n) is 30.8. The average Bonchev–Trinajstić information content (AvgIpc) is 3.93. The van der Waals surface area contributed by atoms with Gasteiger partial charge in [-0.3, -0.25) is 4.79 Å². The van der Waals surface area contributed by atoms with Crippen LogP contribution in [0.3, 0.4) is 0 Å². The van der Waals surface area contributed by atoms with Crippen molar-refractivity contribution < 1.29 is 52.5 Å². The highest BCUT2D eigenvalue weighted by Crippen LogP contribution is 2.46. The minimum atomic E-state index is -0.555. The van der Waals surface area contributed by atoms with E-state index in [0.717, 1.165) is 114 Å². The molecule has 11 heteroatoms. The predicted octanol–water partition coefficient (Wildman–Crippen LogP) is 14.1. The Morgan fingerprint density at radius 2 is 0.974 bits per heavy atom. The molecule has 0 saturated carbocycles. The van der Waals surface area contributed by atoms with Gasteiger partial charge in [0, 0.05) is 25.2 Å². The Morgan fingerprint density at radius 3 is 1.44 bits per heavy atom. The van der Waals surface area contributed by atoms with Crippen molar-refractivity contribution >= 4 is 5.97 Å². The van der Waals surface area contributed by atoms with Crippen molar-refractivity contribution in [3.05, 3.63) is 48.6 Å². The SMILES string of the molecule is C.C=C1C[C@H](CC)OC1CC[C@H]1C[C@@H](C)C(=C)C(C[C@@H]2O[C@H]3C[C@@H](C)[C@@H](CCC)O[C@H]3[C@H](C)[C@H]2O)O1.C=C1C[C@H](COC(=O)C(C)(C)C)OC1CC[C@H]1C[C@@H](C)C(=C)C(C[C@@H]2O[C@H]3C[C@@H](C)[C@@H](CCC)O[C@H]3[C@H](C)[C@H]2C)O1. The summed E-state index contributed by atoms with van der Waals surface area (Å²) in [5.41, 5.74) is 4.14. The van der Waals surface area contributed by atoms with E-state index in [4.69, 9.17) is 42.6 Å². The molecule has 0 aromatic heterocycles. The van der Waals surface area contributed by atoms with Gasteiger partial charge in [-0.25, -0.2) is 0 Å². The van der Waals surface area contributed by atoms with Crippen LogP contribution in [0.5, 0.6) is 0 Å². The zero-order chi connectivity index (χ0) is 55.3. The number of hydrogen-bond donors (Lipinski definition) is 1. The quantitative estimate of drug-likeness (QED) is 0.111. The molecule has 0 spiro atoms. The Kier molecular flexibility index (Phi) is 23.7. The Bertz CT molecular complexity index is 1930. The lowest BCUT2D eigenvalue weighted by Crippen LogP contribution is -2.59. The molecule has 8 aliphatic heterocycles. The molecule has 0 amide bonds. The Balaban J connectivity index is 0.000000249. The lowest BCUT2D eigenvalue weighted by atomic mass is 9.74. The molecule has 442 valence electrons. The van der Waals surface area contributed by atoms with Gasteiger partial charge in [-0.15, -0.1) is 0 Å². The molecule has 24 atom stereocenters. The number of aliphatic hydroxyl groups excluding tert-OH is 1. The molecule has 0 aromatic carbocycles. The Labute approximate surface area is 469 Å². The summed E-state index contributed by atoms with van der Waals surface area (Å²) in [7, 11) is 0. The maximum atomic E-state index is 12.2. The molecule has 0 bridgehead atoms. The summed E-state index contributed by atoms with van der Waals surface area (Å²) >= 11 is 0.